The first-order valence-electron chi connectivity index (χ1n) is 11.4. The maximum atomic E-state index is 12.2. The molecule has 2 amide bonds. The maximum Gasteiger partial charge on any atom is 0.251 e. The molecular weight excluding hydrogens is 388 g/mol. The van der Waals surface area contributed by atoms with E-state index in [-0.39, 0.29) is 18.9 Å². The third-order valence-corrected chi connectivity index (χ3v) is 6.27. The van der Waals surface area contributed by atoms with Crippen LogP contribution < -0.4 is 15.8 Å². The van der Waals surface area contributed by atoms with Crippen molar-refractivity contribution in [2.24, 2.45) is 11.7 Å². The average molecular weight is 423 g/mol. The zero-order chi connectivity index (χ0) is 22.2. The lowest BCUT2D eigenvalue weighted by atomic mass is 9.88. The number of nitrogens with two attached hydrogens (primary N) is 1. The number of carbonyl (C=O) groups is 2. The highest BCUT2D eigenvalue weighted by atomic mass is 16.5. The molecule has 3 atom stereocenters. The summed E-state index contributed by atoms with van der Waals surface area (Å²) < 4.78 is 5.65. The van der Waals surface area contributed by atoms with Gasteiger partial charge in [-0.2, -0.15) is 0 Å². The van der Waals surface area contributed by atoms with Crippen LogP contribution in [0.15, 0.2) is 48.5 Å². The Bertz CT molecular complexity index is 878. The number of hydrogen-bond acceptors (Lipinski definition) is 3. The topological polar surface area (TPSA) is 81.4 Å². The molecule has 0 aliphatic heterocycles. The number of primary amides is 1. The second-order valence-electron chi connectivity index (χ2n) is 8.61. The normalized spacial score (nSPS) is 19.0. The van der Waals surface area contributed by atoms with Crippen LogP contribution in [-0.2, 0) is 4.79 Å². The number of carbonyl (C=O) groups excluding carboxylic acids is 2. The lowest BCUT2D eigenvalue weighted by molar-refractivity contribution is -0.117. The van der Waals surface area contributed by atoms with Crippen molar-refractivity contribution in [3.63, 3.8) is 0 Å². The summed E-state index contributed by atoms with van der Waals surface area (Å²) in [6.45, 7) is 5.28. The quantitative estimate of drug-likeness (QED) is 0.579. The lowest BCUT2D eigenvalue weighted by Gasteiger charge is -2.18. The highest BCUT2D eigenvalue weighted by Gasteiger charge is 2.27. The van der Waals surface area contributed by atoms with Crippen molar-refractivity contribution in [1.82, 2.24) is 5.32 Å². The summed E-state index contributed by atoms with van der Waals surface area (Å²) in [4.78, 5) is 22.9. The van der Waals surface area contributed by atoms with E-state index in [0.717, 1.165) is 5.75 Å². The van der Waals surface area contributed by atoms with Gasteiger partial charge in [-0.05, 0) is 85.8 Å². The second kappa shape index (κ2) is 11.0. The van der Waals surface area contributed by atoms with Crippen molar-refractivity contribution in [1.29, 1.82) is 0 Å². The molecule has 0 heterocycles. The van der Waals surface area contributed by atoms with E-state index in [1.54, 1.807) is 0 Å². The van der Waals surface area contributed by atoms with Crippen molar-refractivity contribution in [2.45, 2.75) is 57.8 Å². The molecule has 31 heavy (non-hydrogen) atoms. The molecule has 0 aromatic heterocycles. The molecule has 2 aromatic rings. The predicted octanol–water partition coefficient (Wildman–Crippen LogP) is 4.77. The predicted molar refractivity (Wildman–Crippen MR) is 123 cm³/mol. The van der Waals surface area contributed by atoms with Crippen LogP contribution in [0.1, 0.15) is 79.3 Å². The Hall–Kier alpha value is -2.82. The smallest absolute Gasteiger partial charge is 0.251 e. The first kappa shape index (κ1) is 22.9. The zero-order valence-corrected chi connectivity index (χ0v) is 18.6. The van der Waals surface area contributed by atoms with Gasteiger partial charge in [-0.3, -0.25) is 9.59 Å². The van der Waals surface area contributed by atoms with Crippen molar-refractivity contribution in [3.05, 3.63) is 65.2 Å². The van der Waals surface area contributed by atoms with Crippen LogP contribution in [0.25, 0.3) is 0 Å². The molecule has 166 valence electrons. The summed E-state index contributed by atoms with van der Waals surface area (Å²) in [5, 5.41) is 2.73. The summed E-state index contributed by atoms with van der Waals surface area (Å²) in [5.74, 6) is 2.15. The van der Waals surface area contributed by atoms with E-state index in [9.17, 15) is 9.59 Å². The van der Waals surface area contributed by atoms with Crippen molar-refractivity contribution in [2.75, 3.05) is 13.2 Å². The molecule has 0 saturated heterocycles. The standard InChI is InChI=1S/C26H34N2O3/c1-3-31-24-6-4-5-22(17-24)18(2)15-19-7-8-23(16-19)20-9-11-21(12-10-20)26(30)28-14-13-25(27)29/h4-6,9-12,17-19,23H,3,7-8,13-16H2,1-2H3,(H2,27,29)(H,28,30)/t18-,19?,23-/m0/s1. The van der Waals surface area contributed by atoms with Gasteiger partial charge >= 0.3 is 0 Å². The largest absolute Gasteiger partial charge is 0.494 e. The lowest BCUT2D eigenvalue weighted by Crippen LogP contribution is -2.27. The van der Waals surface area contributed by atoms with Crippen LogP contribution in [0.4, 0.5) is 0 Å². The minimum atomic E-state index is -0.414. The molecule has 1 unspecified atom stereocenters. The minimum absolute atomic E-state index is 0.154. The molecule has 0 bridgehead atoms. The monoisotopic (exact) mass is 422 g/mol. The Balaban J connectivity index is 1.51. The molecule has 1 aliphatic rings. The van der Waals surface area contributed by atoms with E-state index in [1.807, 2.05) is 25.1 Å². The van der Waals surface area contributed by atoms with E-state index >= 15 is 0 Å². The van der Waals surface area contributed by atoms with Crippen molar-refractivity contribution < 1.29 is 14.3 Å². The molecular formula is C26H34N2O3. The Morgan fingerprint density at radius 3 is 2.65 bits per heavy atom. The Labute approximate surface area is 185 Å². The number of ether oxygens (including phenoxy) is 1. The highest BCUT2D eigenvalue weighted by molar-refractivity contribution is 5.94. The number of amides is 2. The number of nitrogens with one attached hydrogen (secondary N) is 1. The van der Waals surface area contributed by atoms with Gasteiger partial charge in [-0.25, -0.2) is 0 Å². The average Bonchev–Trinajstić information content (AvgIpc) is 3.22. The third kappa shape index (κ3) is 6.58. The highest BCUT2D eigenvalue weighted by Crippen LogP contribution is 2.42. The summed E-state index contributed by atoms with van der Waals surface area (Å²) >= 11 is 0. The maximum absolute atomic E-state index is 12.2. The summed E-state index contributed by atoms with van der Waals surface area (Å²) in [6, 6.07) is 16.4. The van der Waals surface area contributed by atoms with E-state index in [0.29, 0.717) is 29.9 Å². The summed E-state index contributed by atoms with van der Waals surface area (Å²) in [5.41, 5.74) is 8.38. The number of hydrogen-bond donors (Lipinski definition) is 2. The SMILES string of the molecule is CCOc1cccc([C@@H](C)CC2CC[C@H](c3ccc(C(=O)NCCC(N)=O)cc3)C2)c1. The molecule has 5 heteroatoms. The third-order valence-electron chi connectivity index (χ3n) is 6.27. The molecule has 3 rings (SSSR count). The van der Waals surface area contributed by atoms with Crippen molar-refractivity contribution in [3.8, 4) is 5.75 Å². The van der Waals surface area contributed by atoms with Crippen LogP contribution in [0, 0.1) is 5.92 Å². The minimum Gasteiger partial charge on any atom is -0.494 e. The zero-order valence-electron chi connectivity index (χ0n) is 18.6. The molecule has 1 fully saturated rings. The van der Waals surface area contributed by atoms with Gasteiger partial charge in [0.1, 0.15) is 5.75 Å². The fraction of sp³-hybridized carbons (Fsp3) is 0.462. The van der Waals surface area contributed by atoms with Crippen molar-refractivity contribution >= 4 is 11.8 Å². The Morgan fingerprint density at radius 2 is 1.94 bits per heavy atom. The van der Waals surface area contributed by atoms with Gasteiger partial charge in [0.05, 0.1) is 6.61 Å². The van der Waals surface area contributed by atoms with Gasteiger partial charge in [0.15, 0.2) is 0 Å². The number of benzene rings is 2. The first-order chi connectivity index (χ1) is 15.0. The van der Waals surface area contributed by atoms with E-state index in [4.69, 9.17) is 10.5 Å². The number of rotatable bonds is 10. The molecule has 0 spiro atoms. The van der Waals surface area contributed by atoms with Crippen LogP contribution in [0.5, 0.6) is 5.75 Å². The van der Waals surface area contributed by atoms with Crippen LogP contribution >= 0.6 is 0 Å². The fourth-order valence-electron chi connectivity index (χ4n) is 4.61. The van der Waals surface area contributed by atoms with E-state index in [2.05, 4.69) is 42.6 Å². The van der Waals surface area contributed by atoms with E-state index < -0.39 is 5.91 Å². The van der Waals surface area contributed by atoms with Gasteiger partial charge in [-0.1, -0.05) is 31.2 Å². The van der Waals surface area contributed by atoms with Gasteiger partial charge in [-0.15, -0.1) is 0 Å². The molecule has 3 N–H and O–H groups in total. The van der Waals surface area contributed by atoms with Gasteiger partial charge < -0.3 is 15.8 Å². The van der Waals surface area contributed by atoms with E-state index in [1.165, 1.54) is 36.8 Å². The van der Waals surface area contributed by atoms with Crippen LogP contribution in [0.2, 0.25) is 0 Å². The Kier molecular flexibility index (Phi) is 8.10. The molecule has 1 aliphatic carbocycles. The fourth-order valence-corrected chi connectivity index (χ4v) is 4.61. The van der Waals surface area contributed by atoms with Gasteiger partial charge in [0.25, 0.3) is 5.91 Å². The second-order valence-corrected chi connectivity index (χ2v) is 8.61. The molecule has 1 saturated carbocycles. The molecule has 5 nitrogen and oxygen atoms in total. The van der Waals surface area contributed by atoms with Gasteiger partial charge in [0.2, 0.25) is 5.91 Å². The summed E-state index contributed by atoms with van der Waals surface area (Å²) in [7, 11) is 0. The Morgan fingerprint density at radius 1 is 1.16 bits per heavy atom. The molecule has 0 radical (unpaired) electrons. The summed E-state index contributed by atoms with van der Waals surface area (Å²) in [6.07, 6.45) is 4.98. The molecule has 2 aromatic carbocycles. The van der Waals surface area contributed by atoms with Crippen LogP contribution in [0.3, 0.4) is 0 Å². The van der Waals surface area contributed by atoms with Crippen LogP contribution in [-0.4, -0.2) is 25.0 Å². The van der Waals surface area contributed by atoms with Gasteiger partial charge in [0, 0.05) is 18.5 Å². The first-order valence-corrected chi connectivity index (χ1v) is 11.4.